The maximum atomic E-state index is 12.9. The van der Waals surface area contributed by atoms with E-state index < -0.39 is 9.84 Å². The van der Waals surface area contributed by atoms with E-state index in [0.29, 0.717) is 22.5 Å². The first-order valence-corrected chi connectivity index (χ1v) is 9.62. The van der Waals surface area contributed by atoms with Crippen LogP contribution < -0.4 is 0 Å². The smallest absolute Gasteiger partial charge is 0.189 e. The van der Waals surface area contributed by atoms with Gasteiger partial charge in [-0.2, -0.15) is 15.5 Å². The summed E-state index contributed by atoms with van der Waals surface area (Å²) in [7, 11) is -2.01. The van der Waals surface area contributed by atoms with Crippen LogP contribution in [0.25, 0.3) is 28.3 Å². The molecule has 0 aliphatic carbocycles. The topological polar surface area (TPSA) is 119 Å². The molecule has 3 heterocycles. The summed E-state index contributed by atoms with van der Waals surface area (Å²) in [5, 5.41) is 25.0. The van der Waals surface area contributed by atoms with Crippen LogP contribution in [-0.4, -0.2) is 38.4 Å². The molecule has 0 spiro atoms. The Hall–Kier alpha value is -3.19. The molecule has 1 aliphatic rings. The number of hydrogen-bond acceptors (Lipinski definition) is 7. The Morgan fingerprint density at radius 3 is 2.72 bits per heavy atom. The maximum absolute atomic E-state index is 12.9. The van der Waals surface area contributed by atoms with Crippen molar-refractivity contribution >= 4 is 9.84 Å². The van der Waals surface area contributed by atoms with Crippen molar-refractivity contribution in [3.63, 3.8) is 0 Å². The Morgan fingerprint density at radius 2 is 1.93 bits per heavy atom. The third kappa shape index (κ3) is 2.65. The first-order chi connectivity index (χ1) is 13.5. The van der Waals surface area contributed by atoms with Gasteiger partial charge in [0.2, 0.25) is 0 Å². The van der Waals surface area contributed by atoms with Crippen molar-refractivity contribution in [2.24, 2.45) is 7.05 Å². The van der Waals surface area contributed by atoms with Gasteiger partial charge in [-0.3, -0.25) is 4.68 Å². The maximum Gasteiger partial charge on any atom is 0.189 e. The van der Waals surface area contributed by atoms with Crippen molar-refractivity contribution in [1.29, 1.82) is 5.26 Å². The van der Waals surface area contributed by atoms with E-state index in [0.717, 1.165) is 0 Å². The number of aromatic nitrogens is 6. The molecule has 0 N–H and O–H groups in total. The molecule has 0 amide bonds. The normalized spacial score (nSPS) is 13.2. The molecule has 5 rings (SSSR count). The van der Waals surface area contributed by atoms with Crippen LogP contribution in [0.3, 0.4) is 0 Å². The molecule has 1 aliphatic heterocycles. The summed E-state index contributed by atoms with van der Waals surface area (Å²) in [6.45, 7) is 0. The molecule has 11 heteroatoms. The van der Waals surface area contributed by atoms with E-state index in [1.165, 1.54) is 15.6 Å². The van der Waals surface area contributed by atoms with E-state index in [1.54, 1.807) is 43.4 Å². The number of tetrazole rings is 1. The Labute approximate surface area is 178 Å². The summed E-state index contributed by atoms with van der Waals surface area (Å²) in [6.07, 6.45) is 1.41. The number of fused-ring (bicyclic) bond motifs is 3. The van der Waals surface area contributed by atoms with Gasteiger partial charge < -0.3 is 0 Å². The van der Waals surface area contributed by atoms with Gasteiger partial charge in [-0.05, 0) is 27.0 Å². The van der Waals surface area contributed by atoms with Gasteiger partial charge in [-0.15, -0.1) is 23.8 Å². The number of rotatable bonds is 2. The zero-order valence-corrected chi connectivity index (χ0v) is 17.9. The predicted octanol–water partition coefficient (Wildman–Crippen LogP) is 1.55. The standard InChI is InChI=1S/C18H10N7O2S.Ir/c1-24-18(12(9-19)10-20-24)25-17(21-22-23-25)11-6-7-14-13-4-2-3-5-15(13)28(26,27)16(14)8-11;/h2-7,10H,1H3;/q-1;. The van der Waals surface area contributed by atoms with Crippen LogP contribution in [0.4, 0.5) is 0 Å². The van der Waals surface area contributed by atoms with Crippen LogP contribution in [-0.2, 0) is 37.0 Å². The number of nitrogens with zero attached hydrogens (tertiary/aromatic N) is 7. The van der Waals surface area contributed by atoms with E-state index in [2.05, 4.69) is 26.7 Å². The molecule has 0 saturated heterocycles. The second kappa shape index (κ2) is 6.70. The fourth-order valence-corrected chi connectivity index (χ4v) is 4.98. The van der Waals surface area contributed by atoms with Crippen molar-refractivity contribution in [2.45, 2.75) is 9.79 Å². The Kier molecular flexibility index (Phi) is 4.42. The average Bonchev–Trinajstić information content (AvgIpc) is 3.38. The predicted molar refractivity (Wildman–Crippen MR) is 95.8 cm³/mol. The van der Waals surface area contributed by atoms with Crippen molar-refractivity contribution in [3.05, 3.63) is 54.2 Å². The first kappa shape index (κ1) is 19.1. The first-order valence-electron chi connectivity index (χ1n) is 8.14. The van der Waals surface area contributed by atoms with Crippen molar-refractivity contribution in [3.8, 4) is 34.4 Å². The van der Waals surface area contributed by atoms with Crippen molar-refractivity contribution < 1.29 is 28.5 Å². The van der Waals surface area contributed by atoms with E-state index in [-0.39, 0.29) is 41.3 Å². The van der Waals surface area contributed by atoms with E-state index >= 15 is 0 Å². The van der Waals surface area contributed by atoms with Gasteiger partial charge in [0.05, 0.1) is 11.1 Å². The molecule has 9 nitrogen and oxygen atoms in total. The largest absolute Gasteiger partial charge is 0.250 e. The Morgan fingerprint density at radius 1 is 1.14 bits per heavy atom. The molecule has 0 bridgehead atoms. The zero-order valence-electron chi connectivity index (χ0n) is 14.7. The van der Waals surface area contributed by atoms with E-state index in [9.17, 15) is 13.7 Å². The van der Waals surface area contributed by atoms with Gasteiger partial charge in [0.25, 0.3) is 0 Å². The van der Waals surface area contributed by atoms with Crippen LogP contribution in [0.1, 0.15) is 5.56 Å². The van der Waals surface area contributed by atoms with Gasteiger partial charge >= 0.3 is 0 Å². The number of nitriles is 1. The van der Waals surface area contributed by atoms with Crippen LogP contribution in [0.5, 0.6) is 0 Å². The average molecular weight is 581 g/mol. The Bertz CT molecular complexity index is 1420. The van der Waals surface area contributed by atoms with E-state index in [1.807, 2.05) is 6.07 Å². The fourth-order valence-electron chi connectivity index (χ4n) is 3.32. The van der Waals surface area contributed by atoms with Crippen molar-refractivity contribution in [1.82, 2.24) is 30.0 Å². The molecular formula is C18H10IrN7O2S-. The molecule has 2 aromatic heterocycles. The van der Waals surface area contributed by atoms with Crippen LogP contribution >= 0.6 is 0 Å². The monoisotopic (exact) mass is 581 g/mol. The Balaban J connectivity index is 0.00000205. The van der Waals surface area contributed by atoms with Gasteiger partial charge in [0, 0.05) is 27.2 Å². The SMILES string of the molecule is Cn1ncc(C#N)c1-n1nnnc1-c1[c-]c2c(cc1)-c1ccccc1S2(=O)=O.[Ir]. The molecule has 1 radical (unpaired) electrons. The molecule has 0 fully saturated rings. The minimum absolute atomic E-state index is 0. The molecule has 145 valence electrons. The van der Waals surface area contributed by atoms with Gasteiger partial charge in [0.1, 0.15) is 17.5 Å². The minimum atomic E-state index is -3.67. The quantitative estimate of drug-likeness (QED) is 0.291. The number of hydrogen-bond donors (Lipinski definition) is 0. The van der Waals surface area contributed by atoms with E-state index in [4.69, 9.17) is 0 Å². The summed E-state index contributed by atoms with van der Waals surface area (Å²) in [5.41, 5.74) is 1.93. The van der Waals surface area contributed by atoms with Crippen LogP contribution in [0.15, 0.2) is 52.4 Å². The minimum Gasteiger partial charge on any atom is -0.250 e. The molecule has 4 aromatic rings. The summed E-state index contributed by atoms with van der Waals surface area (Å²) in [5.74, 6) is 0.636. The number of aryl methyl sites for hydroxylation is 1. The number of sulfone groups is 1. The summed E-state index contributed by atoms with van der Waals surface area (Å²) < 4.78 is 28.7. The van der Waals surface area contributed by atoms with Gasteiger partial charge in [0.15, 0.2) is 15.7 Å². The van der Waals surface area contributed by atoms with Crippen molar-refractivity contribution in [2.75, 3.05) is 0 Å². The zero-order chi connectivity index (χ0) is 19.5. The second-order valence-corrected chi connectivity index (χ2v) is 8.00. The third-order valence-electron chi connectivity index (χ3n) is 4.58. The summed E-state index contributed by atoms with van der Waals surface area (Å²) in [4.78, 5) is 0.350. The molecule has 0 unspecified atom stereocenters. The third-order valence-corrected chi connectivity index (χ3v) is 6.38. The summed E-state index contributed by atoms with van der Waals surface area (Å²) in [6, 6.07) is 15.3. The van der Waals surface area contributed by atoms with Gasteiger partial charge in [-0.25, -0.2) is 13.1 Å². The molecule has 0 saturated carbocycles. The van der Waals surface area contributed by atoms with Crippen LogP contribution in [0.2, 0.25) is 0 Å². The van der Waals surface area contributed by atoms with Gasteiger partial charge in [-0.1, -0.05) is 23.8 Å². The molecular weight excluding hydrogens is 571 g/mol. The summed E-state index contributed by atoms with van der Waals surface area (Å²) >= 11 is 0. The molecule has 0 atom stereocenters. The molecule has 2 aromatic carbocycles. The number of benzene rings is 2. The second-order valence-electron chi connectivity index (χ2n) is 6.15. The fraction of sp³-hybridized carbons (Fsp3) is 0.0556. The van der Waals surface area contributed by atoms with Crippen LogP contribution in [0, 0.1) is 17.4 Å². The molecule has 29 heavy (non-hydrogen) atoms.